The highest BCUT2D eigenvalue weighted by Gasteiger charge is 2.40. The third-order valence-electron chi connectivity index (χ3n) is 24.9. The SMILES string of the molecule is CC(C)(C)c1c2ccccc2c(-c2cccc3ccccc23)c2ccc(-c3ccc4c(c3)C(C)(C)c3cc5ccc6cccc7ccc(c3-4)c5c67)cc12.CC(C)(C)c1c2ccccc2c(-c2cccc3ccccc23)c2ccc(-c3ccc4ccc5c6c(cc7ccc3c4c75)C(C)(C)c3ccccc3-6)cc12. The number of benzene rings is 20. The van der Waals surface area contributed by atoms with Crippen molar-refractivity contribution >= 4 is 129 Å². The zero-order valence-corrected chi connectivity index (χ0v) is 61.9. The molecular formula is C106H80. The minimum absolute atomic E-state index is 0.0353. The summed E-state index contributed by atoms with van der Waals surface area (Å²) in [6, 6.07) is 115. The van der Waals surface area contributed by atoms with Crippen molar-refractivity contribution in [2.75, 3.05) is 0 Å². The highest BCUT2D eigenvalue weighted by atomic mass is 14.4. The fourth-order valence-corrected chi connectivity index (χ4v) is 20.3. The van der Waals surface area contributed by atoms with E-state index in [-0.39, 0.29) is 21.7 Å². The molecule has 0 atom stereocenters. The van der Waals surface area contributed by atoms with Crippen molar-refractivity contribution in [2.24, 2.45) is 0 Å². The highest BCUT2D eigenvalue weighted by Crippen LogP contribution is 2.58. The van der Waals surface area contributed by atoms with E-state index in [4.69, 9.17) is 0 Å². The Morgan fingerprint density at radius 2 is 0.538 bits per heavy atom. The molecule has 0 unspecified atom stereocenters. The molecule has 0 aliphatic heterocycles. The van der Waals surface area contributed by atoms with Crippen LogP contribution in [0.5, 0.6) is 0 Å². The van der Waals surface area contributed by atoms with Crippen LogP contribution in [0, 0.1) is 0 Å². The first-order chi connectivity index (χ1) is 51.4. The third kappa shape index (κ3) is 8.88. The molecule has 2 aliphatic rings. The van der Waals surface area contributed by atoms with Gasteiger partial charge in [0.05, 0.1) is 0 Å². The number of fused-ring (bicyclic) bond motifs is 14. The van der Waals surface area contributed by atoms with Crippen LogP contribution >= 0.6 is 0 Å². The van der Waals surface area contributed by atoms with Gasteiger partial charge in [0.1, 0.15) is 0 Å². The Balaban J connectivity index is 0.000000136. The maximum atomic E-state index is 2.50. The quantitative estimate of drug-likeness (QED) is 0.122. The lowest BCUT2D eigenvalue weighted by Crippen LogP contribution is -2.15. The van der Waals surface area contributed by atoms with Gasteiger partial charge in [-0.15, -0.1) is 0 Å². The van der Waals surface area contributed by atoms with Gasteiger partial charge in [0.25, 0.3) is 0 Å². The van der Waals surface area contributed by atoms with Crippen molar-refractivity contribution in [1.29, 1.82) is 0 Å². The molecule has 0 fully saturated rings. The van der Waals surface area contributed by atoms with E-state index >= 15 is 0 Å². The van der Waals surface area contributed by atoms with Gasteiger partial charge in [-0.2, -0.15) is 0 Å². The molecule has 0 radical (unpaired) electrons. The van der Waals surface area contributed by atoms with Gasteiger partial charge in [-0.25, -0.2) is 0 Å². The summed E-state index contributed by atoms with van der Waals surface area (Å²) in [5.74, 6) is 0. The molecule has 0 N–H and O–H groups in total. The summed E-state index contributed by atoms with van der Waals surface area (Å²) in [6.07, 6.45) is 0. The van der Waals surface area contributed by atoms with Crippen LogP contribution in [0.4, 0.5) is 0 Å². The Labute approximate surface area is 619 Å². The normalized spacial score (nSPS) is 13.9. The summed E-state index contributed by atoms with van der Waals surface area (Å²) in [4.78, 5) is 0. The third-order valence-corrected chi connectivity index (χ3v) is 24.9. The maximum absolute atomic E-state index is 2.50. The number of rotatable bonds is 4. The van der Waals surface area contributed by atoms with Crippen molar-refractivity contribution < 1.29 is 0 Å². The Hall–Kier alpha value is -12.0. The van der Waals surface area contributed by atoms with Crippen LogP contribution in [0.25, 0.3) is 196 Å². The van der Waals surface area contributed by atoms with Gasteiger partial charge in [-0.05, 0) is 271 Å². The predicted molar refractivity (Wildman–Crippen MR) is 460 cm³/mol. The second-order valence-electron chi connectivity index (χ2n) is 33.7. The second-order valence-corrected chi connectivity index (χ2v) is 33.7. The molecule has 0 saturated carbocycles. The van der Waals surface area contributed by atoms with Crippen molar-refractivity contribution in [3.05, 3.63) is 337 Å². The summed E-state index contributed by atoms with van der Waals surface area (Å²) in [5, 5.41) is 31.9. The van der Waals surface area contributed by atoms with Crippen LogP contribution in [0.1, 0.15) is 103 Å². The van der Waals surface area contributed by atoms with Crippen LogP contribution in [0.3, 0.4) is 0 Å². The maximum Gasteiger partial charge on any atom is 0.0159 e. The molecule has 0 saturated heterocycles. The molecule has 0 spiro atoms. The molecule has 22 rings (SSSR count). The van der Waals surface area contributed by atoms with Gasteiger partial charge in [-0.3, -0.25) is 0 Å². The van der Waals surface area contributed by atoms with E-state index < -0.39 is 0 Å². The Morgan fingerprint density at radius 3 is 1.12 bits per heavy atom. The van der Waals surface area contributed by atoms with Gasteiger partial charge in [0.15, 0.2) is 0 Å². The van der Waals surface area contributed by atoms with E-state index in [1.54, 1.807) is 0 Å². The first-order valence-electron chi connectivity index (χ1n) is 38.0. The molecule has 0 nitrogen and oxygen atoms in total. The molecule has 106 heavy (non-hydrogen) atoms. The molecule has 0 heterocycles. The standard InChI is InChI=1S/2C53H40/c1-52(2,3)51-41-18-9-8-17-39(41)49(38-19-11-13-31-12-6-7-16-37(31)38)40-25-23-34(28-44(40)51)35-24-26-42-45(29-35)53(4,5)46-30-36-21-20-32-14-10-15-33-22-27-43(50(42)46)48(36)47(32)33;1-52(2,3)51-41-17-9-8-16-38(41)49(37-19-12-14-31-13-6-7-15-35(31)37)40-26-23-33(29-44(40)51)36-25-21-32-22-28-43-48-34(24-27-39(36)47(32)48)30-46-50(43)42-18-10-11-20-45(42)53(46,4)5/h2*6-30H,1-5H3. The molecule has 504 valence electrons. The fourth-order valence-electron chi connectivity index (χ4n) is 20.3. The molecule has 0 bridgehead atoms. The van der Waals surface area contributed by atoms with Crippen LogP contribution in [0.15, 0.2) is 303 Å². The molecule has 0 amide bonds. The smallest absolute Gasteiger partial charge is 0.0159 e. The number of hydrogen-bond donors (Lipinski definition) is 0. The van der Waals surface area contributed by atoms with E-state index in [1.165, 1.54) is 229 Å². The second kappa shape index (κ2) is 22.3. The molecular weight excluding hydrogens is 1270 g/mol. The van der Waals surface area contributed by atoms with Crippen LogP contribution in [0.2, 0.25) is 0 Å². The lowest BCUT2D eigenvalue weighted by atomic mass is 9.77. The number of hydrogen-bond acceptors (Lipinski definition) is 0. The van der Waals surface area contributed by atoms with Crippen LogP contribution in [-0.4, -0.2) is 0 Å². The topological polar surface area (TPSA) is 0 Å². The lowest BCUT2D eigenvalue weighted by molar-refractivity contribution is 0.601. The molecule has 2 aliphatic carbocycles. The van der Waals surface area contributed by atoms with Crippen molar-refractivity contribution in [1.82, 2.24) is 0 Å². The van der Waals surface area contributed by atoms with Crippen molar-refractivity contribution in [3.63, 3.8) is 0 Å². The lowest BCUT2D eigenvalue weighted by Gasteiger charge is -2.27. The summed E-state index contributed by atoms with van der Waals surface area (Å²) in [6.45, 7) is 23.8. The molecule has 20 aromatic carbocycles. The average Bonchev–Trinajstić information content (AvgIpc) is 1.48. The summed E-state index contributed by atoms with van der Waals surface area (Å²) in [5.41, 5.74) is 24.1. The van der Waals surface area contributed by atoms with E-state index in [0.717, 1.165) is 0 Å². The van der Waals surface area contributed by atoms with Crippen molar-refractivity contribution in [3.8, 4) is 66.8 Å². The summed E-state index contributed by atoms with van der Waals surface area (Å²) >= 11 is 0. The van der Waals surface area contributed by atoms with E-state index in [9.17, 15) is 0 Å². The molecule has 0 aromatic heterocycles. The largest absolute Gasteiger partial charge is 0.0619 e. The zero-order chi connectivity index (χ0) is 71.6. The van der Waals surface area contributed by atoms with E-state index in [0.29, 0.717) is 0 Å². The fraction of sp³-hybridized carbons (Fsp3) is 0.132. The van der Waals surface area contributed by atoms with E-state index in [1.807, 2.05) is 0 Å². The monoisotopic (exact) mass is 1350 g/mol. The van der Waals surface area contributed by atoms with Crippen LogP contribution < -0.4 is 0 Å². The Kier molecular flexibility index (Phi) is 13.2. The highest BCUT2D eigenvalue weighted by molar-refractivity contribution is 6.30. The van der Waals surface area contributed by atoms with Gasteiger partial charge in [0, 0.05) is 10.8 Å². The molecule has 20 aromatic rings. The minimum atomic E-state index is -0.129. The average molecular weight is 1350 g/mol. The predicted octanol–water partition coefficient (Wildman–Crippen LogP) is 30.0. The van der Waals surface area contributed by atoms with Gasteiger partial charge in [0.2, 0.25) is 0 Å². The van der Waals surface area contributed by atoms with Gasteiger partial charge >= 0.3 is 0 Å². The summed E-state index contributed by atoms with van der Waals surface area (Å²) in [7, 11) is 0. The Morgan fingerprint density at radius 1 is 0.189 bits per heavy atom. The first kappa shape index (κ1) is 62.6. The first-order valence-corrected chi connectivity index (χ1v) is 38.0. The molecule has 0 heteroatoms. The summed E-state index contributed by atoms with van der Waals surface area (Å²) < 4.78 is 0. The van der Waals surface area contributed by atoms with Gasteiger partial charge < -0.3 is 0 Å². The zero-order valence-electron chi connectivity index (χ0n) is 61.9. The Bertz CT molecular complexity index is 7170. The van der Waals surface area contributed by atoms with Crippen molar-refractivity contribution in [2.45, 2.75) is 90.9 Å². The minimum Gasteiger partial charge on any atom is -0.0619 e. The van der Waals surface area contributed by atoms with Gasteiger partial charge in [-0.1, -0.05) is 342 Å². The van der Waals surface area contributed by atoms with Crippen LogP contribution in [-0.2, 0) is 21.7 Å². The van der Waals surface area contributed by atoms with E-state index in [2.05, 4.69) is 373 Å².